The SMILES string of the molecule is CC1C2c3c(F)cccc3CC12C1=NCCN1. The number of fused-ring (bicyclic) bond motifs is 3. The molecule has 0 amide bonds. The number of nitrogens with zero attached hydrogens (tertiary/aromatic N) is 1. The predicted molar refractivity (Wildman–Crippen MR) is 64.7 cm³/mol. The van der Waals surface area contributed by atoms with Crippen LogP contribution in [0.15, 0.2) is 23.2 Å². The summed E-state index contributed by atoms with van der Waals surface area (Å²) in [5, 5.41) is 3.39. The number of rotatable bonds is 1. The largest absolute Gasteiger partial charge is 0.371 e. The fourth-order valence-electron chi connectivity index (χ4n) is 3.96. The van der Waals surface area contributed by atoms with Crippen LogP contribution in [0.25, 0.3) is 0 Å². The van der Waals surface area contributed by atoms with Gasteiger partial charge in [-0.3, -0.25) is 4.99 Å². The van der Waals surface area contributed by atoms with Gasteiger partial charge in [0.2, 0.25) is 0 Å². The molecule has 1 saturated carbocycles. The molecule has 3 heteroatoms. The van der Waals surface area contributed by atoms with E-state index in [4.69, 9.17) is 0 Å². The van der Waals surface area contributed by atoms with E-state index in [0.717, 1.165) is 30.9 Å². The minimum absolute atomic E-state index is 0.0303. The lowest BCUT2D eigenvalue weighted by molar-refractivity contribution is 0.606. The van der Waals surface area contributed by atoms with Crippen LogP contribution < -0.4 is 5.32 Å². The molecule has 3 atom stereocenters. The van der Waals surface area contributed by atoms with Crippen LogP contribution in [0.2, 0.25) is 0 Å². The van der Waals surface area contributed by atoms with Crippen LogP contribution in [-0.4, -0.2) is 18.9 Å². The molecule has 1 aromatic rings. The Morgan fingerprint density at radius 1 is 1.47 bits per heavy atom. The predicted octanol–water partition coefficient (Wildman–Crippen LogP) is 2.10. The van der Waals surface area contributed by atoms with Gasteiger partial charge in [-0.15, -0.1) is 0 Å². The van der Waals surface area contributed by atoms with E-state index in [-0.39, 0.29) is 11.2 Å². The van der Waals surface area contributed by atoms with E-state index >= 15 is 0 Å². The van der Waals surface area contributed by atoms with Crippen LogP contribution in [-0.2, 0) is 6.42 Å². The molecule has 88 valence electrons. The molecule has 1 aromatic carbocycles. The normalized spacial score (nSPS) is 37.2. The summed E-state index contributed by atoms with van der Waals surface area (Å²) in [6.07, 6.45) is 0.956. The zero-order chi connectivity index (χ0) is 11.6. The first-order chi connectivity index (χ1) is 8.25. The van der Waals surface area contributed by atoms with Crippen molar-refractivity contribution in [3.63, 3.8) is 0 Å². The van der Waals surface area contributed by atoms with Gasteiger partial charge < -0.3 is 5.32 Å². The maximum Gasteiger partial charge on any atom is 0.126 e. The molecule has 0 radical (unpaired) electrons. The summed E-state index contributed by atoms with van der Waals surface area (Å²) in [7, 11) is 0. The van der Waals surface area contributed by atoms with Crippen LogP contribution in [0, 0.1) is 17.2 Å². The van der Waals surface area contributed by atoms with Crippen molar-refractivity contribution in [1.82, 2.24) is 5.32 Å². The number of halogens is 1. The standard InChI is InChI=1S/C14H15FN2/c1-8-12-11-9(3-2-4-10(11)15)7-14(8,12)13-16-5-6-17-13/h2-4,8,12H,5-7H2,1H3,(H,16,17). The molecule has 2 nitrogen and oxygen atoms in total. The average molecular weight is 230 g/mol. The van der Waals surface area contributed by atoms with Gasteiger partial charge in [-0.25, -0.2) is 4.39 Å². The van der Waals surface area contributed by atoms with E-state index in [1.54, 1.807) is 6.07 Å². The summed E-state index contributed by atoms with van der Waals surface area (Å²) in [4.78, 5) is 4.58. The molecule has 0 spiro atoms. The molecule has 2 aliphatic carbocycles. The molecule has 17 heavy (non-hydrogen) atoms. The molecule has 0 aromatic heterocycles. The van der Waals surface area contributed by atoms with Crippen molar-refractivity contribution < 1.29 is 4.39 Å². The van der Waals surface area contributed by atoms with Crippen molar-refractivity contribution in [2.75, 3.05) is 13.1 Å². The van der Waals surface area contributed by atoms with Crippen LogP contribution in [0.1, 0.15) is 24.0 Å². The third-order valence-electron chi connectivity index (χ3n) is 4.81. The first-order valence-corrected chi connectivity index (χ1v) is 6.31. The van der Waals surface area contributed by atoms with Gasteiger partial charge in [-0.1, -0.05) is 19.1 Å². The highest BCUT2D eigenvalue weighted by atomic mass is 19.1. The number of benzene rings is 1. The average Bonchev–Trinajstić information content (AvgIpc) is 2.81. The third-order valence-corrected chi connectivity index (χ3v) is 4.81. The van der Waals surface area contributed by atoms with Gasteiger partial charge in [-0.2, -0.15) is 0 Å². The Bertz CT molecular complexity index is 537. The van der Waals surface area contributed by atoms with Gasteiger partial charge >= 0.3 is 0 Å². The number of hydrogen-bond acceptors (Lipinski definition) is 2. The number of hydrogen-bond donors (Lipinski definition) is 1. The van der Waals surface area contributed by atoms with E-state index in [2.05, 4.69) is 23.3 Å². The smallest absolute Gasteiger partial charge is 0.126 e. The Balaban J connectivity index is 1.83. The fraction of sp³-hybridized carbons (Fsp3) is 0.500. The molecule has 1 N–H and O–H groups in total. The summed E-state index contributed by atoms with van der Waals surface area (Å²) < 4.78 is 13.9. The van der Waals surface area contributed by atoms with E-state index in [1.165, 1.54) is 5.56 Å². The summed E-state index contributed by atoms with van der Waals surface area (Å²) in [5.41, 5.74) is 2.24. The topological polar surface area (TPSA) is 24.4 Å². The summed E-state index contributed by atoms with van der Waals surface area (Å²) in [6.45, 7) is 4.03. The van der Waals surface area contributed by atoms with E-state index < -0.39 is 0 Å². The Morgan fingerprint density at radius 3 is 3.12 bits per heavy atom. The summed E-state index contributed by atoms with van der Waals surface area (Å²) >= 11 is 0. The zero-order valence-electron chi connectivity index (χ0n) is 9.83. The molecule has 1 fully saturated rings. The Kier molecular flexibility index (Phi) is 1.64. The van der Waals surface area contributed by atoms with Crippen molar-refractivity contribution in [2.24, 2.45) is 16.3 Å². The molecule has 3 aliphatic rings. The maximum atomic E-state index is 13.9. The highest BCUT2D eigenvalue weighted by Gasteiger charge is 2.70. The molecule has 1 aliphatic heterocycles. The van der Waals surface area contributed by atoms with E-state index in [9.17, 15) is 4.39 Å². The molecular weight excluding hydrogens is 215 g/mol. The molecule has 1 heterocycles. The Morgan fingerprint density at radius 2 is 2.35 bits per heavy atom. The van der Waals surface area contributed by atoms with Gasteiger partial charge in [0.25, 0.3) is 0 Å². The van der Waals surface area contributed by atoms with Crippen molar-refractivity contribution in [3.05, 3.63) is 35.1 Å². The number of amidine groups is 1. The van der Waals surface area contributed by atoms with Gasteiger partial charge in [-0.05, 0) is 29.5 Å². The first-order valence-electron chi connectivity index (χ1n) is 6.31. The monoisotopic (exact) mass is 230 g/mol. The van der Waals surface area contributed by atoms with Crippen molar-refractivity contribution in [3.8, 4) is 0 Å². The Labute approximate surface area is 99.9 Å². The van der Waals surface area contributed by atoms with Gasteiger partial charge in [0.05, 0.1) is 6.54 Å². The highest BCUT2D eigenvalue weighted by Crippen LogP contribution is 2.71. The van der Waals surface area contributed by atoms with Crippen LogP contribution in [0.5, 0.6) is 0 Å². The zero-order valence-corrected chi connectivity index (χ0v) is 9.83. The molecule has 0 bridgehead atoms. The second-order valence-electron chi connectivity index (χ2n) is 5.45. The van der Waals surface area contributed by atoms with Crippen LogP contribution >= 0.6 is 0 Å². The van der Waals surface area contributed by atoms with Crippen molar-refractivity contribution in [1.29, 1.82) is 0 Å². The lowest BCUT2D eigenvalue weighted by atomic mass is 9.96. The van der Waals surface area contributed by atoms with Gasteiger partial charge in [0.1, 0.15) is 11.7 Å². The summed E-state index contributed by atoms with van der Waals surface area (Å²) in [5.74, 6) is 1.97. The van der Waals surface area contributed by atoms with Gasteiger partial charge in [0, 0.05) is 17.9 Å². The number of aliphatic imine (C=N–C) groups is 1. The molecule has 4 rings (SSSR count). The van der Waals surface area contributed by atoms with Crippen molar-refractivity contribution in [2.45, 2.75) is 19.3 Å². The number of nitrogens with one attached hydrogen (secondary N) is 1. The minimum Gasteiger partial charge on any atom is -0.371 e. The lowest BCUT2D eigenvalue weighted by Crippen LogP contribution is -2.30. The molecular formula is C14H15FN2. The minimum atomic E-state index is -0.0303. The van der Waals surface area contributed by atoms with Gasteiger partial charge in [0.15, 0.2) is 0 Å². The second kappa shape index (κ2) is 2.89. The highest BCUT2D eigenvalue weighted by molar-refractivity contribution is 5.95. The van der Waals surface area contributed by atoms with Crippen LogP contribution in [0.4, 0.5) is 4.39 Å². The van der Waals surface area contributed by atoms with Crippen molar-refractivity contribution >= 4 is 5.84 Å². The molecule has 3 unspecified atom stereocenters. The fourth-order valence-corrected chi connectivity index (χ4v) is 3.96. The third kappa shape index (κ3) is 0.985. The molecule has 0 saturated heterocycles. The Hall–Kier alpha value is -1.38. The van der Waals surface area contributed by atoms with Crippen LogP contribution in [0.3, 0.4) is 0 Å². The summed E-state index contributed by atoms with van der Waals surface area (Å²) in [6, 6.07) is 5.47. The van der Waals surface area contributed by atoms with E-state index in [1.807, 2.05) is 6.07 Å². The lowest BCUT2D eigenvalue weighted by Gasteiger charge is -2.14. The second-order valence-corrected chi connectivity index (χ2v) is 5.45. The van der Waals surface area contributed by atoms with E-state index in [0.29, 0.717) is 11.8 Å². The first kappa shape index (κ1) is 9.63. The quantitative estimate of drug-likeness (QED) is 0.785. The maximum absolute atomic E-state index is 13.9.